The quantitative estimate of drug-likeness (QED) is 0.162. The largest absolute Gasteiger partial charge is 0.444 e. The van der Waals surface area contributed by atoms with Crippen LogP contribution in [0.15, 0.2) is 78.9 Å². The van der Waals surface area contributed by atoms with Gasteiger partial charge in [0, 0.05) is 31.9 Å². The van der Waals surface area contributed by atoms with Crippen molar-refractivity contribution in [1.29, 1.82) is 0 Å². The van der Waals surface area contributed by atoms with E-state index in [0.29, 0.717) is 49.4 Å². The third-order valence-corrected chi connectivity index (χ3v) is 14.0. The first-order chi connectivity index (χ1) is 32.1. The van der Waals surface area contributed by atoms with Gasteiger partial charge in [-0.3, -0.25) is 9.80 Å². The highest BCUT2D eigenvalue weighted by Crippen LogP contribution is 2.49. The van der Waals surface area contributed by atoms with Gasteiger partial charge in [-0.05, 0) is 152 Å². The van der Waals surface area contributed by atoms with Gasteiger partial charge in [-0.2, -0.15) is 0 Å². The third-order valence-electron chi connectivity index (χ3n) is 14.0. The lowest BCUT2D eigenvalue weighted by Crippen LogP contribution is -2.36. The molecule has 6 aromatic rings. The summed E-state index contributed by atoms with van der Waals surface area (Å²) in [6.45, 7) is 13.5. The minimum absolute atomic E-state index is 0.0278. The van der Waals surface area contributed by atoms with Gasteiger partial charge in [0.05, 0.1) is 46.2 Å². The first-order valence-corrected chi connectivity index (χ1v) is 24.1. The van der Waals surface area contributed by atoms with Gasteiger partial charge in [0.2, 0.25) is 0 Å². The van der Waals surface area contributed by atoms with Gasteiger partial charge >= 0.3 is 12.2 Å². The molecule has 10 rings (SSSR count). The first-order valence-electron chi connectivity index (χ1n) is 24.1. The summed E-state index contributed by atoms with van der Waals surface area (Å²) in [7, 11) is 0. The molecule has 352 valence electrons. The topological polar surface area (TPSA) is 123 Å². The number of carbonyl (C=O) groups is 2. The van der Waals surface area contributed by atoms with Gasteiger partial charge in [0.1, 0.15) is 28.5 Å². The maximum absolute atomic E-state index is 16.7. The number of hydrogen-bond donors (Lipinski definition) is 2. The van der Waals surface area contributed by atoms with E-state index in [2.05, 4.69) is 51.3 Å². The van der Waals surface area contributed by atoms with Crippen LogP contribution in [0.4, 0.5) is 29.7 Å². The fourth-order valence-corrected chi connectivity index (χ4v) is 11.0. The molecular formula is C53H62F2N8O4. The minimum atomic E-state index is -0.614. The van der Waals surface area contributed by atoms with Crippen LogP contribution in [-0.2, 0) is 9.47 Å². The van der Waals surface area contributed by atoms with Gasteiger partial charge < -0.3 is 29.2 Å². The van der Waals surface area contributed by atoms with E-state index >= 15 is 8.78 Å². The van der Waals surface area contributed by atoms with Crippen LogP contribution in [0.2, 0.25) is 0 Å². The van der Waals surface area contributed by atoms with Crippen LogP contribution in [-0.4, -0.2) is 79.3 Å². The Morgan fingerprint density at radius 2 is 1.06 bits per heavy atom. The molecule has 4 aromatic carbocycles. The lowest BCUT2D eigenvalue weighted by molar-refractivity contribution is 0.0208. The Hall–Kier alpha value is -6.18. The van der Waals surface area contributed by atoms with Crippen molar-refractivity contribution in [2.24, 2.45) is 0 Å². The number of likely N-dealkylation sites (tertiary alicyclic amines) is 2. The lowest BCUT2D eigenvalue weighted by atomic mass is 9.89. The first kappa shape index (κ1) is 44.6. The molecule has 0 radical (unpaired) electrons. The van der Waals surface area contributed by atoms with E-state index in [0.717, 1.165) is 84.6 Å². The molecule has 4 unspecified atom stereocenters. The molecule has 4 saturated heterocycles. The number of imidazole rings is 2. The zero-order valence-electron chi connectivity index (χ0n) is 39.4. The van der Waals surface area contributed by atoms with Crippen LogP contribution in [0, 0.1) is 11.6 Å². The van der Waals surface area contributed by atoms with Crippen LogP contribution in [0.3, 0.4) is 0 Å². The van der Waals surface area contributed by atoms with Crippen molar-refractivity contribution in [2.75, 3.05) is 36.0 Å². The van der Waals surface area contributed by atoms with E-state index in [-0.39, 0.29) is 42.0 Å². The van der Waals surface area contributed by atoms with E-state index in [9.17, 15) is 9.59 Å². The number of anilines is 2. The van der Waals surface area contributed by atoms with Crippen LogP contribution in [0.25, 0.3) is 22.1 Å². The monoisotopic (exact) mass is 912 g/mol. The summed E-state index contributed by atoms with van der Waals surface area (Å²) < 4.78 is 44.9. The number of rotatable bonds is 7. The van der Waals surface area contributed by atoms with Crippen molar-refractivity contribution in [3.63, 3.8) is 0 Å². The van der Waals surface area contributed by atoms with E-state index < -0.39 is 22.8 Å². The molecule has 0 spiro atoms. The Kier molecular flexibility index (Phi) is 11.6. The molecule has 4 atom stereocenters. The maximum Gasteiger partial charge on any atom is 0.410 e. The number of benzene rings is 4. The summed E-state index contributed by atoms with van der Waals surface area (Å²) in [5.41, 5.74) is 5.73. The molecule has 2 N–H and O–H groups in total. The molecule has 14 heteroatoms. The Labute approximate surface area is 391 Å². The van der Waals surface area contributed by atoms with Crippen LogP contribution >= 0.6 is 0 Å². The Balaban J connectivity index is 0.973. The smallest absolute Gasteiger partial charge is 0.410 e. The van der Waals surface area contributed by atoms with Crippen molar-refractivity contribution in [3.8, 4) is 0 Å². The van der Waals surface area contributed by atoms with Gasteiger partial charge in [-0.1, -0.05) is 42.5 Å². The Bertz CT molecular complexity index is 2630. The van der Waals surface area contributed by atoms with E-state index in [4.69, 9.17) is 19.4 Å². The highest BCUT2D eigenvalue weighted by molar-refractivity contribution is 5.79. The molecule has 0 aliphatic carbocycles. The predicted molar refractivity (Wildman–Crippen MR) is 256 cm³/mol. The van der Waals surface area contributed by atoms with Crippen molar-refractivity contribution < 1.29 is 27.8 Å². The average molecular weight is 913 g/mol. The second kappa shape index (κ2) is 17.5. The van der Waals surface area contributed by atoms with Crippen LogP contribution in [0.1, 0.15) is 151 Å². The summed E-state index contributed by atoms with van der Waals surface area (Å²) in [5, 5.41) is 0. The predicted octanol–water partition coefficient (Wildman–Crippen LogP) is 12.3. The molecule has 4 fully saturated rings. The maximum atomic E-state index is 16.7. The van der Waals surface area contributed by atoms with E-state index in [1.165, 1.54) is 17.7 Å². The number of hydrogen-bond acceptors (Lipinski definition) is 8. The molecule has 2 amide bonds. The molecule has 4 aliphatic rings. The lowest BCUT2D eigenvalue weighted by Gasteiger charge is -2.36. The van der Waals surface area contributed by atoms with Crippen molar-refractivity contribution >= 4 is 45.6 Å². The zero-order chi connectivity index (χ0) is 46.8. The second-order valence-electron chi connectivity index (χ2n) is 20.9. The van der Waals surface area contributed by atoms with Gasteiger partial charge in [-0.15, -0.1) is 0 Å². The number of H-pyrrole nitrogens is 2. The molecule has 0 saturated carbocycles. The summed E-state index contributed by atoms with van der Waals surface area (Å²) >= 11 is 0. The number of amides is 2. The number of piperidine rings is 1. The molecule has 6 heterocycles. The normalized spacial score (nSPS) is 21.9. The Morgan fingerprint density at radius 3 is 1.52 bits per heavy atom. The van der Waals surface area contributed by atoms with E-state index in [1.807, 2.05) is 76.8 Å². The number of nitrogens with zero attached hydrogens (tertiary/aromatic N) is 6. The summed E-state index contributed by atoms with van der Waals surface area (Å²) in [6.07, 6.45) is 5.62. The number of fused-ring (bicyclic) bond motifs is 2. The molecule has 4 aliphatic heterocycles. The zero-order valence-corrected chi connectivity index (χ0v) is 39.4. The third kappa shape index (κ3) is 9.03. The molecular weight excluding hydrogens is 851 g/mol. The number of aromatic nitrogens is 4. The highest BCUT2D eigenvalue weighted by atomic mass is 19.1. The highest BCUT2D eigenvalue weighted by Gasteiger charge is 2.40. The number of nitrogens with one attached hydrogen (secondary N) is 2. The number of carbonyl (C=O) groups excluding carboxylic acids is 2. The van der Waals surface area contributed by atoms with Gasteiger partial charge in [0.15, 0.2) is 11.6 Å². The second-order valence-corrected chi connectivity index (χ2v) is 20.9. The number of aromatic amines is 2. The van der Waals surface area contributed by atoms with E-state index in [1.54, 1.807) is 9.80 Å². The average Bonchev–Trinajstić information content (AvgIpc) is 4.14. The molecule has 12 nitrogen and oxygen atoms in total. The van der Waals surface area contributed by atoms with Gasteiger partial charge in [-0.25, -0.2) is 28.3 Å². The van der Waals surface area contributed by atoms with Crippen LogP contribution < -0.4 is 9.80 Å². The molecule has 2 aromatic heterocycles. The van der Waals surface area contributed by atoms with Crippen molar-refractivity contribution in [3.05, 3.63) is 119 Å². The summed E-state index contributed by atoms with van der Waals surface area (Å²) in [5.74, 6) is 0.630. The summed E-state index contributed by atoms with van der Waals surface area (Å²) in [6, 6.07) is 24.8. The Morgan fingerprint density at radius 1 is 0.582 bits per heavy atom. The number of ether oxygens (including phenoxy) is 2. The number of halogens is 2. The fraction of sp³-hybridized carbons (Fsp3) is 0.472. The standard InChI is InChI=1S/C53H62F2N8O4/c1-52(2,3)66-50(64)61-24-10-14-45(61)48-56-39-18-16-34(28-41(39)58-48)43-20-21-44(35-17-19-40-42(29-35)59-49(57-40)46-15-11-25-62(46)51(65)67-53(4,5)6)63(43)36-30-37(54)47(38(55)31-36)60-26-22-33(23-27-60)32-12-8-7-9-13-32/h7-9,12-13,16-19,28-31,33,43-46H,10-11,14-15,20-27H2,1-6H3,(H,56,58)(H,57,59). The van der Waals surface area contributed by atoms with Crippen molar-refractivity contribution in [1.82, 2.24) is 29.7 Å². The SMILES string of the molecule is CC(C)(C)OC(=O)N1CCCC1c1nc2ccc(C3CCC(c4ccc5nc(C6CCCN6C(=O)OC(C)(C)C)[nH]c5c4)N3c3cc(F)c(N4CCC(c5ccccc5)CC4)c(F)c3)cc2[nH]1. The minimum Gasteiger partial charge on any atom is -0.444 e. The van der Waals surface area contributed by atoms with Gasteiger partial charge in [0.25, 0.3) is 0 Å². The van der Waals surface area contributed by atoms with Crippen LogP contribution in [0.5, 0.6) is 0 Å². The van der Waals surface area contributed by atoms with Crippen molar-refractivity contribution in [2.45, 2.75) is 134 Å². The summed E-state index contributed by atoms with van der Waals surface area (Å²) in [4.78, 5) is 51.0. The molecule has 0 bridgehead atoms. The molecule has 67 heavy (non-hydrogen) atoms. The fourth-order valence-electron chi connectivity index (χ4n) is 11.0.